The van der Waals surface area contributed by atoms with Crippen molar-refractivity contribution < 1.29 is 4.74 Å². The Morgan fingerprint density at radius 3 is 2.44 bits per heavy atom. The second kappa shape index (κ2) is 6.16. The highest BCUT2D eigenvalue weighted by Crippen LogP contribution is 2.33. The first-order valence-electron chi connectivity index (χ1n) is 5.07. The predicted molar refractivity (Wildman–Crippen MR) is 80.2 cm³/mol. The summed E-state index contributed by atoms with van der Waals surface area (Å²) in [4.78, 5) is 0. The van der Waals surface area contributed by atoms with Crippen LogP contribution in [0, 0.1) is 0 Å². The van der Waals surface area contributed by atoms with Crippen LogP contribution in [0.2, 0.25) is 10.0 Å². The van der Waals surface area contributed by atoms with Crippen LogP contribution in [0.1, 0.15) is 5.56 Å². The van der Waals surface area contributed by atoms with Crippen LogP contribution in [0.15, 0.2) is 40.9 Å². The van der Waals surface area contributed by atoms with Gasteiger partial charge in [-0.05, 0) is 35.9 Å². The Morgan fingerprint density at radius 1 is 1.00 bits per heavy atom. The Bertz CT molecular complexity index is 572. The van der Waals surface area contributed by atoms with Gasteiger partial charge in [-0.3, -0.25) is 0 Å². The van der Waals surface area contributed by atoms with Crippen molar-refractivity contribution in [1.29, 1.82) is 0 Å². The minimum absolute atomic E-state index is 0.372. The maximum absolute atomic E-state index is 6.06. The van der Waals surface area contributed by atoms with Gasteiger partial charge in [0.25, 0.3) is 0 Å². The van der Waals surface area contributed by atoms with Crippen LogP contribution in [0.25, 0.3) is 0 Å². The van der Waals surface area contributed by atoms with Crippen molar-refractivity contribution >= 4 is 50.7 Å². The fraction of sp³-hybridized carbons (Fsp3) is 0.0769. The van der Waals surface area contributed by atoms with E-state index in [0.717, 1.165) is 10.0 Å². The molecule has 0 saturated heterocycles. The average molecular weight is 366 g/mol. The van der Waals surface area contributed by atoms with Gasteiger partial charge in [-0.15, -0.1) is 11.6 Å². The summed E-state index contributed by atoms with van der Waals surface area (Å²) in [5.74, 6) is 1.56. The summed E-state index contributed by atoms with van der Waals surface area (Å²) in [6.07, 6.45) is 0. The van der Waals surface area contributed by atoms with Crippen LogP contribution in [-0.2, 0) is 5.88 Å². The van der Waals surface area contributed by atoms with Crippen LogP contribution in [0.3, 0.4) is 0 Å². The van der Waals surface area contributed by atoms with Crippen molar-refractivity contribution in [1.82, 2.24) is 0 Å². The summed E-state index contributed by atoms with van der Waals surface area (Å²) in [5, 5.41) is 1.12. The zero-order valence-corrected chi connectivity index (χ0v) is 12.9. The monoisotopic (exact) mass is 364 g/mol. The SMILES string of the molecule is ClCc1ccc(Oc2cc(Br)ccc2Cl)cc1Cl. The number of hydrogen-bond acceptors (Lipinski definition) is 1. The van der Waals surface area contributed by atoms with Crippen LogP contribution in [0.4, 0.5) is 0 Å². The molecule has 2 rings (SSSR count). The molecule has 94 valence electrons. The largest absolute Gasteiger partial charge is 0.456 e. The number of alkyl halides is 1. The van der Waals surface area contributed by atoms with E-state index in [1.165, 1.54) is 0 Å². The Balaban J connectivity index is 2.28. The molecule has 0 saturated carbocycles. The van der Waals surface area contributed by atoms with Gasteiger partial charge in [-0.1, -0.05) is 45.2 Å². The van der Waals surface area contributed by atoms with Gasteiger partial charge in [-0.25, -0.2) is 0 Å². The van der Waals surface area contributed by atoms with Gasteiger partial charge in [0.15, 0.2) is 0 Å². The lowest BCUT2D eigenvalue weighted by Crippen LogP contribution is -1.87. The predicted octanol–water partition coefficient (Wildman–Crippen LogP) is 6.29. The third kappa shape index (κ3) is 3.33. The molecule has 0 N–H and O–H groups in total. The van der Waals surface area contributed by atoms with Crippen molar-refractivity contribution in [2.45, 2.75) is 5.88 Å². The molecule has 2 aromatic carbocycles. The lowest BCUT2D eigenvalue weighted by Gasteiger charge is -2.09. The smallest absolute Gasteiger partial charge is 0.147 e. The van der Waals surface area contributed by atoms with Gasteiger partial charge >= 0.3 is 0 Å². The summed E-state index contributed by atoms with van der Waals surface area (Å²) < 4.78 is 6.57. The molecule has 0 aromatic heterocycles. The Hall–Kier alpha value is -0.410. The zero-order chi connectivity index (χ0) is 13.1. The lowest BCUT2D eigenvalue weighted by molar-refractivity contribution is 0.482. The van der Waals surface area contributed by atoms with Crippen molar-refractivity contribution in [2.24, 2.45) is 0 Å². The molecule has 1 nitrogen and oxygen atoms in total. The first-order valence-corrected chi connectivity index (χ1v) is 7.16. The van der Waals surface area contributed by atoms with E-state index in [1.807, 2.05) is 12.1 Å². The summed E-state index contributed by atoms with van der Waals surface area (Å²) >= 11 is 21.2. The van der Waals surface area contributed by atoms with E-state index < -0.39 is 0 Å². The minimum Gasteiger partial charge on any atom is -0.456 e. The van der Waals surface area contributed by atoms with E-state index in [0.29, 0.717) is 27.4 Å². The highest BCUT2D eigenvalue weighted by atomic mass is 79.9. The molecule has 0 fully saturated rings. The summed E-state index contributed by atoms with van der Waals surface area (Å²) in [5.41, 5.74) is 0.867. The van der Waals surface area contributed by atoms with E-state index in [4.69, 9.17) is 39.5 Å². The molecule has 0 amide bonds. The molecular formula is C13H8BrCl3O. The van der Waals surface area contributed by atoms with E-state index >= 15 is 0 Å². The van der Waals surface area contributed by atoms with E-state index in [1.54, 1.807) is 24.3 Å². The summed E-state index contributed by atoms with van der Waals surface area (Å²) in [6, 6.07) is 10.8. The van der Waals surface area contributed by atoms with Gasteiger partial charge in [0.2, 0.25) is 0 Å². The second-order valence-corrected chi connectivity index (χ2v) is 5.56. The molecular weight excluding hydrogens is 358 g/mol. The van der Waals surface area contributed by atoms with Gasteiger partial charge in [0.1, 0.15) is 11.5 Å². The van der Waals surface area contributed by atoms with Crippen LogP contribution in [0.5, 0.6) is 11.5 Å². The third-order valence-corrected chi connectivity index (χ3v) is 3.73. The van der Waals surface area contributed by atoms with Crippen LogP contribution < -0.4 is 4.74 Å². The van der Waals surface area contributed by atoms with Crippen molar-refractivity contribution in [3.05, 3.63) is 56.5 Å². The van der Waals surface area contributed by atoms with Gasteiger partial charge in [0.05, 0.1) is 5.02 Å². The number of rotatable bonds is 3. The summed E-state index contributed by atoms with van der Waals surface area (Å²) in [6.45, 7) is 0. The topological polar surface area (TPSA) is 9.23 Å². The van der Waals surface area contributed by atoms with E-state index in [-0.39, 0.29) is 0 Å². The molecule has 0 aliphatic rings. The fourth-order valence-corrected chi connectivity index (χ4v) is 2.42. The molecule has 0 unspecified atom stereocenters. The van der Waals surface area contributed by atoms with Gasteiger partial charge < -0.3 is 4.74 Å². The summed E-state index contributed by atoms with van der Waals surface area (Å²) in [7, 11) is 0. The highest BCUT2D eigenvalue weighted by molar-refractivity contribution is 9.10. The molecule has 0 radical (unpaired) electrons. The van der Waals surface area contributed by atoms with Crippen molar-refractivity contribution in [2.75, 3.05) is 0 Å². The van der Waals surface area contributed by atoms with Gasteiger partial charge in [0, 0.05) is 15.4 Å². The normalized spacial score (nSPS) is 10.4. The number of ether oxygens (including phenoxy) is 1. The highest BCUT2D eigenvalue weighted by Gasteiger charge is 2.06. The number of benzene rings is 2. The van der Waals surface area contributed by atoms with E-state index in [2.05, 4.69) is 15.9 Å². The molecule has 0 aliphatic carbocycles. The first-order chi connectivity index (χ1) is 8.60. The number of halogens is 4. The van der Waals surface area contributed by atoms with Crippen LogP contribution in [-0.4, -0.2) is 0 Å². The van der Waals surface area contributed by atoms with Crippen LogP contribution >= 0.6 is 50.7 Å². The molecule has 18 heavy (non-hydrogen) atoms. The molecule has 0 heterocycles. The van der Waals surface area contributed by atoms with Crippen molar-refractivity contribution in [3.8, 4) is 11.5 Å². The molecule has 5 heteroatoms. The Morgan fingerprint density at radius 2 is 1.78 bits per heavy atom. The minimum atomic E-state index is 0.372. The molecule has 0 aliphatic heterocycles. The zero-order valence-electron chi connectivity index (χ0n) is 9.09. The third-order valence-electron chi connectivity index (χ3n) is 2.29. The van der Waals surface area contributed by atoms with Gasteiger partial charge in [-0.2, -0.15) is 0 Å². The maximum Gasteiger partial charge on any atom is 0.147 e. The molecule has 0 atom stereocenters. The van der Waals surface area contributed by atoms with Crippen molar-refractivity contribution in [3.63, 3.8) is 0 Å². The molecule has 2 aromatic rings. The lowest BCUT2D eigenvalue weighted by atomic mass is 10.2. The fourth-order valence-electron chi connectivity index (χ4n) is 1.38. The number of hydrogen-bond donors (Lipinski definition) is 0. The molecule has 0 spiro atoms. The first kappa shape index (κ1) is 14.0. The quantitative estimate of drug-likeness (QED) is 0.580. The average Bonchev–Trinajstić information content (AvgIpc) is 2.34. The Labute approximate surface area is 129 Å². The second-order valence-electron chi connectivity index (χ2n) is 3.56. The Kier molecular flexibility index (Phi) is 4.79. The van der Waals surface area contributed by atoms with E-state index in [9.17, 15) is 0 Å². The standard InChI is InChI=1S/C13H8BrCl3O/c14-9-2-4-11(16)13(5-9)18-10-3-1-8(7-15)12(17)6-10/h1-6H,7H2. The maximum atomic E-state index is 6.06. The molecule has 0 bridgehead atoms.